The molecule has 116 valence electrons. The molecule has 2 aromatic rings. The van der Waals surface area contributed by atoms with Gasteiger partial charge in [0.25, 0.3) is 5.91 Å². The van der Waals surface area contributed by atoms with Crippen molar-refractivity contribution in [2.45, 2.75) is 6.92 Å². The molecule has 2 aromatic carbocycles. The Labute approximate surface area is 147 Å². The van der Waals surface area contributed by atoms with Gasteiger partial charge in [0.05, 0.1) is 0 Å². The standard InChI is InChI=1S/C17H14IN3O2/c1-11-7-13(18)5-6-16(11)21-17(23)12(9-19)10-20-14-3-2-4-15(22)8-14/h2-8,10,20,22H,1H3,(H,21,23)/b12-10-. The van der Waals surface area contributed by atoms with E-state index >= 15 is 0 Å². The van der Waals surface area contributed by atoms with Gasteiger partial charge in [0.2, 0.25) is 0 Å². The number of rotatable bonds is 4. The molecule has 5 nitrogen and oxygen atoms in total. The summed E-state index contributed by atoms with van der Waals surface area (Å²) in [5.41, 5.74) is 2.10. The van der Waals surface area contributed by atoms with Gasteiger partial charge in [0.15, 0.2) is 0 Å². The highest BCUT2D eigenvalue weighted by atomic mass is 127. The Morgan fingerprint density at radius 1 is 1.30 bits per heavy atom. The number of carbonyl (C=O) groups is 1. The Balaban J connectivity index is 2.12. The van der Waals surface area contributed by atoms with E-state index in [9.17, 15) is 9.90 Å². The zero-order valence-electron chi connectivity index (χ0n) is 12.3. The summed E-state index contributed by atoms with van der Waals surface area (Å²) >= 11 is 2.19. The maximum atomic E-state index is 12.2. The van der Waals surface area contributed by atoms with Crippen molar-refractivity contribution in [1.29, 1.82) is 5.26 Å². The minimum atomic E-state index is -0.496. The maximum absolute atomic E-state index is 12.2. The molecule has 0 aromatic heterocycles. The summed E-state index contributed by atoms with van der Waals surface area (Å²) in [5.74, 6) is -0.398. The maximum Gasteiger partial charge on any atom is 0.267 e. The molecule has 0 aliphatic heterocycles. The number of halogens is 1. The van der Waals surface area contributed by atoms with Crippen molar-refractivity contribution in [3.05, 3.63) is 63.4 Å². The number of benzene rings is 2. The Bertz CT molecular complexity index is 810. The second-order valence-electron chi connectivity index (χ2n) is 4.78. The summed E-state index contributed by atoms with van der Waals surface area (Å²) in [6, 6.07) is 13.9. The number of aromatic hydroxyl groups is 1. The van der Waals surface area contributed by atoms with Crippen molar-refractivity contribution in [3.63, 3.8) is 0 Å². The quantitative estimate of drug-likeness (QED) is 0.400. The smallest absolute Gasteiger partial charge is 0.267 e. The molecule has 0 saturated carbocycles. The van der Waals surface area contributed by atoms with E-state index in [4.69, 9.17) is 5.26 Å². The van der Waals surface area contributed by atoms with Gasteiger partial charge in [-0.1, -0.05) is 6.07 Å². The van der Waals surface area contributed by atoms with Crippen LogP contribution in [0.4, 0.5) is 11.4 Å². The van der Waals surface area contributed by atoms with Crippen molar-refractivity contribution in [2.24, 2.45) is 0 Å². The molecule has 0 saturated heterocycles. The van der Waals surface area contributed by atoms with Crippen LogP contribution in [-0.2, 0) is 4.79 Å². The molecule has 0 atom stereocenters. The van der Waals surface area contributed by atoms with Crippen molar-refractivity contribution in [1.82, 2.24) is 0 Å². The molecular formula is C17H14IN3O2. The zero-order valence-corrected chi connectivity index (χ0v) is 14.5. The predicted molar refractivity (Wildman–Crippen MR) is 98.0 cm³/mol. The van der Waals surface area contributed by atoms with Crippen molar-refractivity contribution >= 4 is 39.9 Å². The molecule has 0 unspecified atom stereocenters. The lowest BCUT2D eigenvalue weighted by Gasteiger charge is -2.08. The lowest BCUT2D eigenvalue weighted by atomic mass is 10.2. The van der Waals surface area contributed by atoms with E-state index < -0.39 is 5.91 Å². The van der Waals surface area contributed by atoms with E-state index in [1.807, 2.05) is 25.1 Å². The van der Waals surface area contributed by atoms with E-state index in [-0.39, 0.29) is 11.3 Å². The van der Waals surface area contributed by atoms with Gasteiger partial charge in [-0.05, 0) is 65.4 Å². The highest BCUT2D eigenvalue weighted by Gasteiger charge is 2.10. The number of hydrogen-bond acceptors (Lipinski definition) is 4. The first-order valence-corrected chi connectivity index (χ1v) is 7.81. The third kappa shape index (κ3) is 4.72. The van der Waals surface area contributed by atoms with Crippen LogP contribution < -0.4 is 10.6 Å². The fraction of sp³-hybridized carbons (Fsp3) is 0.0588. The molecular weight excluding hydrogens is 405 g/mol. The van der Waals surface area contributed by atoms with Crippen LogP contribution in [0.3, 0.4) is 0 Å². The molecule has 0 heterocycles. The van der Waals surface area contributed by atoms with Crippen LogP contribution in [0, 0.1) is 21.8 Å². The fourth-order valence-corrected chi connectivity index (χ4v) is 2.50. The Hall–Kier alpha value is -2.53. The predicted octanol–water partition coefficient (Wildman–Crippen LogP) is 3.76. The highest BCUT2D eigenvalue weighted by molar-refractivity contribution is 14.1. The summed E-state index contributed by atoms with van der Waals surface area (Å²) in [4.78, 5) is 12.2. The Morgan fingerprint density at radius 2 is 2.09 bits per heavy atom. The normalized spacial score (nSPS) is 10.7. The van der Waals surface area contributed by atoms with Crippen LogP contribution in [0.2, 0.25) is 0 Å². The van der Waals surface area contributed by atoms with Gasteiger partial charge in [0, 0.05) is 27.2 Å². The molecule has 0 fully saturated rings. The first-order valence-electron chi connectivity index (χ1n) is 6.73. The number of nitrogens with one attached hydrogen (secondary N) is 2. The van der Waals surface area contributed by atoms with Gasteiger partial charge < -0.3 is 15.7 Å². The van der Waals surface area contributed by atoms with E-state index in [0.717, 1.165) is 9.13 Å². The van der Waals surface area contributed by atoms with E-state index in [0.29, 0.717) is 11.4 Å². The molecule has 0 aliphatic carbocycles. The second kappa shape index (κ2) is 7.65. The van der Waals surface area contributed by atoms with Gasteiger partial charge >= 0.3 is 0 Å². The number of hydrogen-bond donors (Lipinski definition) is 3. The van der Waals surface area contributed by atoms with Crippen molar-refractivity contribution < 1.29 is 9.90 Å². The van der Waals surface area contributed by atoms with E-state index in [1.54, 1.807) is 18.2 Å². The minimum Gasteiger partial charge on any atom is -0.508 e. The monoisotopic (exact) mass is 419 g/mol. The third-order valence-corrected chi connectivity index (χ3v) is 3.70. The van der Waals surface area contributed by atoms with Crippen LogP contribution >= 0.6 is 22.6 Å². The number of anilines is 2. The fourth-order valence-electron chi connectivity index (χ4n) is 1.86. The van der Waals surface area contributed by atoms with Gasteiger partial charge in [-0.3, -0.25) is 4.79 Å². The SMILES string of the molecule is Cc1cc(I)ccc1NC(=O)/C(C#N)=C\Nc1cccc(O)c1. The highest BCUT2D eigenvalue weighted by Crippen LogP contribution is 2.19. The van der Waals surface area contributed by atoms with Crippen LogP contribution in [0.1, 0.15) is 5.56 Å². The van der Waals surface area contributed by atoms with Gasteiger partial charge in [-0.25, -0.2) is 0 Å². The minimum absolute atomic E-state index is 0.0636. The number of phenols is 1. The first kappa shape index (κ1) is 16.8. The van der Waals surface area contributed by atoms with Gasteiger partial charge in [-0.15, -0.1) is 0 Å². The number of carbonyl (C=O) groups excluding carboxylic acids is 1. The van der Waals surface area contributed by atoms with Crippen molar-refractivity contribution in [3.8, 4) is 11.8 Å². The molecule has 0 radical (unpaired) electrons. The lowest BCUT2D eigenvalue weighted by Crippen LogP contribution is -2.15. The summed E-state index contributed by atoms with van der Waals surface area (Å²) in [6.07, 6.45) is 1.31. The van der Waals surface area contributed by atoms with E-state index in [2.05, 4.69) is 33.2 Å². The summed E-state index contributed by atoms with van der Waals surface area (Å²) in [7, 11) is 0. The third-order valence-electron chi connectivity index (χ3n) is 3.03. The van der Waals surface area contributed by atoms with E-state index in [1.165, 1.54) is 18.3 Å². The molecule has 23 heavy (non-hydrogen) atoms. The topological polar surface area (TPSA) is 85.2 Å². The number of nitrogens with zero attached hydrogens (tertiary/aromatic N) is 1. The number of aryl methyl sites for hydroxylation is 1. The summed E-state index contributed by atoms with van der Waals surface area (Å²) in [5, 5.41) is 24.1. The second-order valence-corrected chi connectivity index (χ2v) is 6.02. The first-order chi connectivity index (χ1) is 11.0. The Kier molecular flexibility index (Phi) is 5.60. The molecule has 0 spiro atoms. The number of nitriles is 1. The average Bonchev–Trinajstić information content (AvgIpc) is 2.51. The van der Waals surface area contributed by atoms with Crippen LogP contribution in [-0.4, -0.2) is 11.0 Å². The van der Waals surface area contributed by atoms with Gasteiger partial charge in [-0.2, -0.15) is 5.26 Å². The van der Waals surface area contributed by atoms with Crippen LogP contribution in [0.5, 0.6) is 5.75 Å². The van der Waals surface area contributed by atoms with Gasteiger partial charge in [0.1, 0.15) is 17.4 Å². The van der Waals surface area contributed by atoms with Crippen LogP contribution in [0.15, 0.2) is 54.2 Å². The van der Waals surface area contributed by atoms with Crippen molar-refractivity contribution in [2.75, 3.05) is 10.6 Å². The average molecular weight is 419 g/mol. The molecule has 6 heteroatoms. The number of phenolic OH excluding ortho intramolecular Hbond substituents is 1. The van der Waals surface area contributed by atoms with Crippen LogP contribution in [0.25, 0.3) is 0 Å². The molecule has 1 amide bonds. The number of amides is 1. The summed E-state index contributed by atoms with van der Waals surface area (Å²) in [6.45, 7) is 1.89. The molecule has 3 N–H and O–H groups in total. The largest absolute Gasteiger partial charge is 0.508 e. The molecule has 2 rings (SSSR count). The molecule has 0 bridgehead atoms. The Morgan fingerprint density at radius 3 is 2.74 bits per heavy atom. The lowest BCUT2D eigenvalue weighted by molar-refractivity contribution is -0.112. The summed E-state index contributed by atoms with van der Waals surface area (Å²) < 4.78 is 1.07. The zero-order chi connectivity index (χ0) is 16.8. The molecule has 0 aliphatic rings.